The molecular formula is C21H17ClN4OS. The van der Waals surface area contributed by atoms with Crippen LogP contribution in [0, 0.1) is 0 Å². The molecule has 2 aromatic carbocycles. The lowest BCUT2D eigenvalue weighted by atomic mass is 10.2. The normalized spacial score (nSPS) is 10.8. The van der Waals surface area contributed by atoms with Crippen LogP contribution in [0.25, 0.3) is 16.3 Å². The summed E-state index contributed by atoms with van der Waals surface area (Å²) in [6.07, 6.45) is 5.31. The molecule has 0 aliphatic heterocycles. The van der Waals surface area contributed by atoms with Crippen LogP contribution in [0.5, 0.6) is 0 Å². The summed E-state index contributed by atoms with van der Waals surface area (Å²) in [7, 11) is 1.77. The quantitative estimate of drug-likeness (QED) is 0.471. The summed E-state index contributed by atoms with van der Waals surface area (Å²) in [4.78, 5) is 19.4. The molecule has 0 unspecified atom stereocenters. The Bertz CT molecular complexity index is 1110. The van der Waals surface area contributed by atoms with E-state index in [1.807, 2.05) is 60.8 Å². The van der Waals surface area contributed by atoms with Crippen molar-refractivity contribution in [2.45, 2.75) is 6.54 Å². The average Bonchev–Trinajstić information content (AvgIpc) is 3.38. The van der Waals surface area contributed by atoms with Gasteiger partial charge in [0.25, 0.3) is 5.91 Å². The minimum atomic E-state index is -0.0803. The van der Waals surface area contributed by atoms with Crippen LogP contribution in [0.1, 0.15) is 15.2 Å². The average molecular weight is 409 g/mol. The van der Waals surface area contributed by atoms with Gasteiger partial charge in [0.05, 0.1) is 23.1 Å². The van der Waals surface area contributed by atoms with Crippen molar-refractivity contribution in [1.82, 2.24) is 19.7 Å². The molecule has 28 heavy (non-hydrogen) atoms. The highest BCUT2D eigenvalue weighted by molar-refractivity contribution is 7.17. The molecule has 0 spiro atoms. The Morgan fingerprint density at radius 2 is 1.86 bits per heavy atom. The van der Waals surface area contributed by atoms with Crippen molar-refractivity contribution in [1.29, 1.82) is 0 Å². The van der Waals surface area contributed by atoms with E-state index >= 15 is 0 Å². The lowest BCUT2D eigenvalue weighted by Gasteiger charge is -2.14. The predicted molar refractivity (Wildman–Crippen MR) is 112 cm³/mol. The van der Waals surface area contributed by atoms with Crippen LogP contribution < -0.4 is 0 Å². The molecular weight excluding hydrogens is 392 g/mol. The van der Waals surface area contributed by atoms with Crippen LogP contribution >= 0.6 is 22.9 Å². The zero-order valence-corrected chi connectivity index (χ0v) is 16.7. The number of halogens is 1. The second-order valence-electron chi connectivity index (χ2n) is 6.30. The van der Waals surface area contributed by atoms with Crippen LogP contribution in [0.15, 0.2) is 73.2 Å². The van der Waals surface area contributed by atoms with E-state index in [0.717, 1.165) is 21.8 Å². The standard InChI is InChI=1S/C21H17ClN4OS/c1-25(13-15-11-24-26(14-15)16-7-3-2-4-8-16)21(27)19-12-23-20(28-19)17-9-5-6-10-18(17)22/h2-12,14H,13H2,1H3. The third-order valence-corrected chi connectivity index (χ3v) is 5.59. The van der Waals surface area contributed by atoms with Gasteiger partial charge < -0.3 is 4.90 Å². The molecule has 0 saturated carbocycles. The van der Waals surface area contributed by atoms with E-state index in [2.05, 4.69) is 10.1 Å². The maximum atomic E-state index is 12.8. The third kappa shape index (κ3) is 3.83. The van der Waals surface area contributed by atoms with Gasteiger partial charge in [0.15, 0.2) is 0 Å². The van der Waals surface area contributed by atoms with E-state index in [1.54, 1.807) is 29.0 Å². The third-order valence-electron chi connectivity index (χ3n) is 4.24. The van der Waals surface area contributed by atoms with E-state index in [0.29, 0.717) is 16.4 Å². The summed E-state index contributed by atoms with van der Waals surface area (Å²) >= 11 is 7.57. The number of carbonyl (C=O) groups excluding carboxylic acids is 1. The van der Waals surface area contributed by atoms with Gasteiger partial charge in [-0.05, 0) is 18.2 Å². The molecule has 0 saturated heterocycles. The first-order valence-electron chi connectivity index (χ1n) is 8.67. The highest BCUT2D eigenvalue weighted by Gasteiger charge is 2.17. The van der Waals surface area contributed by atoms with E-state index in [4.69, 9.17) is 11.6 Å². The monoisotopic (exact) mass is 408 g/mol. The van der Waals surface area contributed by atoms with Gasteiger partial charge >= 0.3 is 0 Å². The molecule has 2 heterocycles. The minimum absolute atomic E-state index is 0.0803. The molecule has 1 amide bonds. The van der Waals surface area contributed by atoms with Crippen LogP contribution in [-0.4, -0.2) is 32.6 Å². The molecule has 5 nitrogen and oxygen atoms in total. The number of aromatic nitrogens is 3. The molecule has 4 rings (SSSR count). The first-order valence-corrected chi connectivity index (χ1v) is 9.86. The molecule has 4 aromatic rings. The smallest absolute Gasteiger partial charge is 0.265 e. The number of carbonyl (C=O) groups is 1. The Balaban J connectivity index is 1.47. The summed E-state index contributed by atoms with van der Waals surface area (Å²) in [5.74, 6) is -0.0803. The maximum Gasteiger partial charge on any atom is 0.265 e. The number of amides is 1. The lowest BCUT2D eigenvalue weighted by molar-refractivity contribution is 0.0789. The number of hydrogen-bond acceptors (Lipinski definition) is 4. The van der Waals surface area contributed by atoms with E-state index in [9.17, 15) is 4.79 Å². The van der Waals surface area contributed by atoms with Crippen molar-refractivity contribution >= 4 is 28.8 Å². The van der Waals surface area contributed by atoms with Crippen molar-refractivity contribution in [2.75, 3.05) is 7.05 Å². The molecule has 0 bridgehead atoms. The van der Waals surface area contributed by atoms with Gasteiger partial charge in [-0.2, -0.15) is 5.10 Å². The summed E-state index contributed by atoms with van der Waals surface area (Å²) in [6, 6.07) is 17.4. The summed E-state index contributed by atoms with van der Waals surface area (Å²) in [5.41, 5.74) is 2.77. The van der Waals surface area contributed by atoms with Crippen molar-refractivity contribution < 1.29 is 4.79 Å². The second kappa shape index (κ2) is 7.96. The van der Waals surface area contributed by atoms with Crippen LogP contribution in [0.2, 0.25) is 5.02 Å². The van der Waals surface area contributed by atoms with E-state index in [1.165, 1.54) is 11.3 Å². The lowest BCUT2D eigenvalue weighted by Crippen LogP contribution is -2.25. The summed E-state index contributed by atoms with van der Waals surface area (Å²) < 4.78 is 1.80. The van der Waals surface area contributed by atoms with Gasteiger partial charge in [0.1, 0.15) is 9.88 Å². The highest BCUT2D eigenvalue weighted by Crippen LogP contribution is 2.31. The predicted octanol–water partition coefficient (Wildman–Crippen LogP) is 4.92. The van der Waals surface area contributed by atoms with Gasteiger partial charge in [0, 0.05) is 30.9 Å². The first-order chi connectivity index (χ1) is 13.6. The zero-order chi connectivity index (χ0) is 19.5. The van der Waals surface area contributed by atoms with Crippen molar-refractivity contribution in [3.63, 3.8) is 0 Å². The molecule has 0 aliphatic carbocycles. The van der Waals surface area contributed by atoms with E-state index < -0.39 is 0 Å². The largest absolute Gasteiger partial charge is 0.337 e. The Labute approximate surface area is 171 Å². The number of benzene rings is 2. The Morgan fingerprint density at radius 1 is 1.11 bits per heavy atom. The molecule has 0 atom stereocenters. The maximum absolute atomic E-state index is 12.8. The van der Waals surface area contributed by atoms with Crippen molar-refractivity contribution in [2.24, 2.45) is 0 Å². The van der Waals surface area contributed by atoms with Gasteiger partial charge in [0.2, 0.25) is 0 Å². The van der Waals surface area contributed by atoms with Crippen LogP contribution in [-0.2, 0) is 6.54 Å². The molecule has 7 heteroatoms. The number of rotatable bonds is 5. The first kappa shape index (κ1) is 18.4. The Hall–Kier alpha value is -2.96. The fourth-order valence-electron chi connectivity index (χ4n) is 2.83. The van der Waals surface area contributed by atoms with Crippen molar-refractivity contribution in [3.05, 3.63) is 88.7 Å². The number of para-hydroxylation sites is 1. The molecule has 2 aromatic heterocycles. The fraction of sp³-hybridized carbons (Fsp3) is 0.0952. The van der Waals surface area contributed by atoms with Gasteiger partial charge in [-0.25, -0.2) is 9.67 Å². The highest BCUT2D eigenvalue weighted by atomic mass is 35.5. The van der Waals surface area contributed by atoms with Crippen LogP contribution in [0.4, 0.5) is 0 Å². The Morgan fingerprint density at radius 3 is 2.64 bits per heavy atom. The van der Waals surface area contributed by atoms with Gasteiger partial charge in [-0.15, -0.1) is 11.3 Å². The Kier molecular flexibility index (Phi) is 5.23. The fourth-order valence-corrected chi connectivity index (χ4v) is 4.06. The number of nitrogens with zero attached hydrogens (tertiary/aromatic N) is 4. The number of hydrogen-bond donors (Lipinski definition) is 0. The second-order valence-corrected chi connectivity index (χ2v) is 7.74. The topological polar surface area (TPSA) is 51.0 Å². The summed E-state index contributed by atoms with van der Waals surface area (Å²) in [6.45, 7) is 0.463. The van der Waals surface area contributed by atoms with Gasteiger partial charge in [-0.1, -0.05) is 48.0 Å². The number of thiazole rings is 1. The molecule has 0 N–H and O–H groups in total. The van der Waals surface area contributed by atoms with Crippen molar-refractivity contribution in [3.8, 4) is 16.3 Å². The molecule has 140 valence electrons. The van der Waals surface area contributed by atoms with E-state index in [-0.39, 0.29) is 5.91 Å². The van der Waals surface area contributed by atoms with Gasteiger partial charge in [-0.3, -0.25) is 4.79 Å². The molecule has 0 radical (unpaired) electrons. The molecule has 0 aliphatic rings. The zero-order valence-electron chi connectivity index (χ0n) is 15.1. The SMILES string of the molecule is CN(Cc1cnn(-c2ccccc2)c1)C(=O)c1cnc(-c2ccccc2Cl)s1. The minimum Gasteiger partial charge on any atom is -0.337 e. The van der Waals surface area contributed by atoms with Crippen LogP contribution in [0.3, 0.4) is 0 Å². The summed E-state index contributed by atoms with van der Waals surface area (Å²) in [5, 5.41) is 5.74. The molecule has 0 fully saturated rings.